The number of amides is 1. The quantitative estimate of drug-likeness (QED) is 0.873. The maximum Gasteiger partial charge on any atom is 0.341 e. The molecule has 1 aromatic heterocycles. The van der Waals surface area contributed by atoms with Crippen LogP contribution in [0.25, 0.3) is 0 Å². The summed E-state index contributed by atoms with van der Waals surface area (Å²) in [5, 5.41) is 5.83. The van der Waals surface area contributed by atoms with E-state index in [4.69, 9.17) is 4.52 Å². The number of aromatic nitrogens is 1. The van der Waals surface area contributed by atoms with E-state index in [0.29, 0.717) is 11.8 Å². The molecule has 2 rings (SSSR count). The fourth-order valence-electron chi connectivity index (χ4n) is 1.47. The molecule has 0 aliphatic rings. The van der Waals surface area contributed by atoms with Gasteiger partial charge in [-0.15, -0.1) is 0 Å². The van der Waals surface area contributed by atoms with Gasteiger partial charge in [0, 0.05) is 12.1 Å². The van der Waals surface area contributed by atoms with E-state index in [1.807, 2.05) is 0 Å². The number of aryl methyl sites for hydroxylation is 1. The van der Waals surface area contributed by atoms with Gasteiger partial charge in [-0.3, -0.25) is 4.79 Å². The van der Waals surface area contributed by atoms with Crippen molar-refractivity contribution in [2.45, 2.75) is 6.92 Å². The molecule has 1 heterocycles. The Morgan fingerprint density at radius 2 is 2.10 bits per heavy atom. The Labute approximate surface area is 117 Å². The van der Waals surface area contributed by atoms with E-state index < -0.39 is 35.7 Å². The minimum absolute atomic E-state index is 0.168. The number of esters is 1. The van der Waals surface area contributed by atoms with Crippen LogP contribution >= 0.6 is 0 Å². The fraction of sp³-hybridized carbons (Fsp3) is 0.154. The summed E-state index contributed by atoms with van der Waals surface area (Å²) < 4.78 is 35.4. The predicted octanol–water partition coefficient (Wildman–Crippen LogP) is 2.06. The summed E-state index contributed by atoms with van der Waals surface area (Å²) in [6.07, 6.45) is 0. The number of carbonyl (C=O) groups is 2. The number of nitrogens with zero attached hydrogens (tertiary/aromatic N) is 1. The van der Waals surface area contributed by atoms with Gasteiger partial charge in [-0.2, -0.15) is 0 Å². The molecule has 8 heteroatoms. The summed E-state index contributed by atoms with van der Waals surface area (Å²) in [6, 6.07) is 3.87. The van der Waals surface area contributed by atoms with Gasteiger partial charge in [-0.1, -0.05) is 5.16 Å². The molecule has 1 amide bonds. The van der Waals surface area contributed by atoms with Crippen molar-refractivity contribution in [3.8, 4) is 0 Å². The highest BCUT2D eigenvalue weighted by molar-refractivity contribution is 5.95. The summed E-state index contributed by atoms with van der Waals surface area (Å²) >= 11 is 0. The van der Waals surface area contributed by atoms with Gasteiger partial charge in [-0.25, -0.2) is 13.6 Å². The maximum absolute atomic E-state index is 13.3. The lowest BCUT2D eigenvalue weighted by Crippen LogP contribution is -2.21. The Morgan fingerprint density at radius 3 is 2.71 bits per heavy atom. The van der Waals surface area contributed by atoms with Crippen molar-refractivity contribution in [2.75, 3.05) is 11.9 Å². The van der Waals surface area contributed by atoms with Crippen molar-refractivity contribution in [3.05, 3.63) is 47.2 Å². The monoisotopic (exact) mass is 296 g/mol. The molecule has 0 radical (unpaired) electrons. The molecule has 0 unspecified atom stereocenters. The van der Waals surface area contributed by atoms with E-state index in [9.17, 15) is 18.4 Å². The molecule has 0 atom stereocenters. The lowest BCUT2D eigenvalue weighted by molar-refractivity contribution is -0.119. The average molecular weight is 296 g/mol. The van der Waals surface area contributed by atoms with Crippen LogP contribution in [0.2, 0.25) is 0 Å². The number of rotatable bonds is 4. The van der Waals surface area contributed by atoms with Gasteiger partial charge in [-0.05, 0) is 19.1 Å². The lowest BCUT2D eigenvalue weighted by atomic mass is 10.2. The third-order valence-corrected chi connectivity index (χ3v) is 2.38. The molecule has 110 valence electrons. The van der Waals surface area contributed by atoms with Crippen molar-refractivity contribution < 1.29 is 27.6 Å². The van der Waals surface area contributed by atoms with Gasteiger partial charge < -0.3 is 14.6 Å². The van der Waals surface area contributed by atoms with Gasteiger partial charge in [0.1, 0.15) is 17.4 Å². The molecule has 6 nitrogen and oxygen atoms in total. The number of hydrogen-bond acceptors (Lipinski definition) is 5. The van der Waals surface area contributed by atoms with Crippen LogP contribution in [0.3, 0.4) is 0 Å². The zero-order valence-electron chi connectivity index (χ0n) is 10.9. The minimum atomic E-state index is -1.07. The second kappa shape index (κ2) is 6.12. The third-order valence-electron chi connectivity index (χ3n) is 2.38. The molecule has 2 aromatic rings. The first-order valence-electron chi connectivity index (χ1n) is 5.81. The number of ether oxygens (including phenoxy) is 1. The highest BCUT2D eigenvalue weighted by Gasteiger charge is 2.16. The van der Waals surface area contributed by atoms with Gasteiger partial charge >= 0.3 is 5.97 Å². The fourth-order valence-corrected chi connectivity index (χ4v) is 1.47. The van der Waals surface area contributed by atoms with Crippen molar-refractivity contribution in [1.82, 2.24) is 5.16 Å². The minimum Gasteiger partial charge on any atom is -0.452 e. The second-order valence-electron chi connectivity index (χ2n) is 4.07. The Kier molecular flexibility index (Phi) is 4.27. The summed E-state index contributed by atoms with van der Waals surface area (Å²) in [5.41, 5.74) is -0.457. The molecular formula is C13H10F2N2O4. The summed E-state index contributed by atoms with van der Waals surface area (Å²) in [6.45, 7) is 1.00. The first kappa shape index (κ1) is 14.6. The van der Waals surface area contributed by atoms with Crippen LogP contribution in [0.15, 0.2) is 28.8 Å². The molecule has 0 bridgehead atoms. The highest BCUT2D eigenvalue weighted by atomic mass is 19.1. The van der Waals surface area contributed by atoms with E-state index in [1.54, 1.807) is 6.92 Å². The molecule has 0 spiro atoms. The Hall–Kier alpha value is -2.77. The van der Waals surface area contributed by atoms with E-state index in [1.165, 1.54) is 6.07 Å². The summed E-state index contributed by atoms with van der Waals surface area (Å²) in [5.74, 6) is -2.95. The molecule has 0 saturated heterocycles. The van der Waals surface area contributed by atoms with Gasteiger partial charge in [0.2, 0.25) is 0 Å². The maximum atomic E-state index is 13.3. The van der Waals surface area contributed by atoms with E-state index >= 15 is 0 Å². The van der Waals surface area contributed by atoms with Crippen LogP contribution in [-0.4, -0.2) is 23.6 Å². The van der Waals surface area contributed by atoms with E-state index in [-0.39, 0.29) is 5.82 Å². The topological polar surface area (TPSA) is 81.4 Å². The average Bonchev–Trinajstić information content (AvgIpc) is 2.81. The zero-order valence-corrected chi connectivity index (χ0v) is 10.9. The second-order valence-corrected chi connectivity index (χ2v) is 4.07. The van der Waals surface area contributed by atoms with Crippen molar-refractivity contribution >= 4 is 17.7 Å². The Bertz CT molecular complexity index is 685. The molecule has 1 aromatic carbocycles. The molecule has 0 aliphatic heterocycles. The molecule has 0 aliphatic carbocycles. The first-order valence-corrected chi connectivity index (χ1v) is 5.81. The van der Waals surface area contributed by atoms with Crippen LogP contribution in [0.5, 0.6) is 0 Å². The van der Waals surface area contributed by atoms with E-state index in [2.05, 4.69) is 15.2 Å². The highest BCUT2D eigenvalue weighted by Crippen LogP contribution is 2.11. The number of nitrogens with one attached hydrogen (secondary N) is 1. The number of anilines is 1. The summed E-state index contributed by atoms with van der Waals surface area (Å²) in [7, 11) is 0. The van der Waals surface area contributed by atoms with Crippen LogP contribution in [-0.2, 0) is 9.53 Å². The van der Waals surface area contributed by atoms with Crippen LogP contribution in [0.1, 0.15) is 16.1 Å². The smallest absolute Gasteiger partial charge is 0.341 e. The van der Waals surface area contributed by atoms with Crippen LogP contribution in [0.4, 0.5) is 14.6 Å². The number of carbonyl (C=O) groups excluding carboxylic acids is 2. The molecule has 0 fully saturated rings. The molecule has 1 N–H and O–H groups in total. The standard InChI is InChI=1S/C13H10F2N2O4/c1-7-4-11(17-21-7)16-12(18)6-20-13(19)9-3-2-8(14)5-10(9)15/h2-5H,6H2,1H3,(H,16,17,18). The van der Waals surface area contributed by atoms with Crippen LogP contribution in [0, 0.1) is 18.6 Å². The predicted molar refractivity (Wildman–Crippen MR) is 66.5 cm³/mol. The van der Waals surface area contributed by atoms with Gasteiger partial charge in [0.05, 0.1) is 5.56 Å². The SMILES string of the molecule is Cc1cc(NC(=O)COC(=O)c2ccc(F)cc2F)no1. The van der Waals surface area contributed by atoms with Crippen molar-refractivity contribution in [2.24, 2.45) is 0 Å². The number of hydrogen-bond donors (Lipinski definition) is 1. The van der Waals surface area contributed by atoms with Crippen LogP contribution < -0.4 is 5.32 Å². The lowest BCUT2D eigenvalue weighted by Gasteiger charge is -2.05. The Morgan fingerprint density at radius 1 is 1.33 bits per heavy atom. The van der Waals surface area contributed by atoms with Crippen molar-refractivity contribution in [1.29, 1.82) is 0 Å². The molecule has 0 saturated carbocycles. The van der Waals surface area contributed by atoms with Gasteiger partial charge in [0.25, 0.3) is 5.91 Å². The Balaban J connectivity index is 1.90. The largest absolute Gasteiger partial charge is 0.452 e. The van der Waals surface area contributed by atoms with Gasteiger partial charge in [0.15, 0.2) is 12.4 Å². The third kappa shape index (κ3) is 3.85. The molecular weight excluding hydrogens is 286 g/mol. The van der Waals surface area contributed by atoms with Crippen molar-refractivity contribution in [3.63, 3.8) is 0 Å². The summed E-state index contributed by atoms with van der Waals surface area (Å²) in [4.78, 5) is 23.0. The normalized spacial score (nSPS) is 10.2. The van der Waals surface area contributed by atoms with E-state index in [0.717, 1.165) is 12.1 Å². The zero-order chi connectivity index (χ0) is 15.4. The first-order chi connectivity index (χ1) is 9.95. The molecule has 21 heavy (non-hydrogen) atoms. The number of benzene rings is 1. The number of halogens is 2.